The molecule has 0 saturated heterocycles. The summed E-state index contributed by atoms with van der Waals surface area (Å²) in [5, 5.41) is 10.2. The number of amides is 1. The maximum absolute atomic E-state index is 12.4. The van der Waals surface area contributed by atoms with Crippen molar-refractivity contribution < 1.29 is 4.79 Å². The first kappa shape index (κ1) is 19.5. The third kappa shape index (κ3) is 4.93. The lowest BCUT2D eigenvalue weighted by molar-refractivity contribution is -0.121. The van der Waals surface area contributed by atoms with E-state index in [1.54, 1.807) is 0 Å². The molecule has 1 atom stereocenters. The second-order valence-corrected chi connectivity index (χ2v) is 7.77. The molecule has 0 saturated carbocycles. The number of aromatic nitrogens is 3. The Morgan fingerprint density at radius 2 is 2.04 bits per heavy atom. The van der Waals surface area contributed by atoms with Crippen LogP contribution in [0.5, 0.6) is 0 Å². The van der Waals surface area contributed by atoms with Crippen molar-refractivity contribution in [2.45, 2.75) is 32.9 Å². The van der Waals surface area contributed by atoms with E-state index in [1.165, 1.54) is 0 Å². The highest BCUT2D eigenvalue weighted by molar-refractivity contribution is 9.10. The predicted octanol–water partition coefficient (Wildman–Crippen LogP) is 4.95. The molecule has 27 heavy (non-hydrogen) atoms. The first-order valence-electron chi connectivity index (χ1n) is 8.71. The van der Waals surface area contributed by atoms with Crippen LogP contribution in [0.1, 0.15) is 30.5 Å². The molecule has 140 valence electrons. The fourth-order valence-electron chi connectivity index (χ4n) is 2.89. The van der Waals surface area contributed by atoms with Gasteiger partial charge in [-0.1, -0.05) is 51.8 Å². The summed E-state index contributed by atoms with van der Waals surface area (Å²) in [7, 11) is 0. The monoisotopic (exact) mass is 444 g/mol. The molecule has 0 aliphatic heterocycles. The van der Waals surface area contributed by atoms with Gasteiger partial charge in [0.2, 0.25) is 5.91 Å². The summed E-state index contributed by atoms with van der Waals surface area (Å²) in [6, 6.07) is 15.9. The van der Waals surface area contributed by atoms with Gasteiger partial charge in [0.15, 0.2) is 10.6 Å². The average molecular weight is 445 g/mol. The minimum Gasteiger partial charge on any atom is -0.350 e. The lowest BCUT2D eigenvalue weighted by Gasteiger charge is -2.15. The van der Waals surface area contributed by atoms with Crippen molar-refractivity contribution in [3.8, 4) is 11.4 Å². The zero-order valence-corrected chi connectivity index (χ0v) is 17.6. The third-order valence-electron chi connectivity index (χ3n) is 4.34. The lowest BCUT2D eigenvalue weighted by Crippen LogP contribution is -2.27. The molecule has 7 heteroatoms. The number of rotatable bonds is 6. The van der Waals surface area contributed by atoms with E-state index in [0.717, 1.165) is 27.0 Å². The Balaban J connectivity index is 1.66. The predicted molar refractivity (Wildman–Crippen MR) is 113 cm³/mol. The van der Waals surface area contributed by atoms with Gasteiger partial charge in [-0.05, 0) is 49.8 Å². The number of aromatic amines is 1. The number of nitrogens with one attached hydrogen (secondary N) is 2. The fourth-order valence-corrected chi connectivity index (χ4v) is 3.38. The summed E-state index contributed by atoms with van der Waals surface area (Å²) in [6.07, 6.45) is 0.327. The molecule has 3 aromatic rings. The van der Waals surface area contributed by atoms with Crippen LogP contribution < -0.4 is 5.32 Å². The van der Waals surface area contributed by atoms with Crippen molar-refractivity contribution in [3.05, 3.63) is 68.9 Å². The molecule has 1 heterocycles. The maximum atomic E-state index is 12.4. The second kappa shape index (κ2) is 8.63. The molecule has 0 spiro atoms. The van der Waals surface area contributed by atoms with E-state index in [9.17, 15) is 4.79 Å². The summed E-state index contributed by atoms with van der Waals surface area (Å²) < 4.78 is 3.40. The molecule has 0 radical (unpaired) electrons. The summed E-state index contributed by atoms with van der Waals surface area (Å²) >= 11 is 8.76. The van der Waals surface area contributed by atoms with Crippen LogP contribution in [0, 0.1) is 11.7 Å². The molecular formula is C20H21BrN4OS. The van der Waals surface area contributed by atoms with E-state index in [4.69, 9.17) is 12.2 Å². The van der Waals surface area contributed by atoms with Crippen LogP contribution in [-0.4, -0.2) is 20.7 Å². The SMILES string of the molecule is Cc1cccc(-c2n[nH]c(=S)n2CCC(=O)N[C@H](C)c2ccc(Br)cc2)c1. The van der Waals surface area contributed by atoms with Crippen molar-refractivity contribution in [2.75, 3.05) is 0 Å². The largest absolute Gasteiger partial charge is 0.350 e. The number of hydrogen-bond acceptors (Lipinski definition) is 3. The Bertz CT molecular complexity index is 994. The number of benzene rings is 2. The minimum atomic E-state index is -0.0563. The van der Waals surface area contributed by atoms with Gasteiger partial charge >= 0.3 is 0 Å². The van der Waals surface area contributed by atoms with Crippen LogP contribution in [0.15, 0.2) is 53.0 Å². The van der Waals surface area contributed by atoms with Crippen LogP contribution in [0.25, 0.3) is 11.4 Å². The van der Waals surface area contributed by atoms with E-state index < -0.39 is 0 Å². The number of halogens is 1. The van der Waals surface area contributed by atoms with Crippen LogP contribution in [0.2, 0.25) is 0 Å². The summed E-state index contributed by atoms with van der Waals surface area (Å²) in [5.41, 5.74) is 3.19. The molecule has 0 bridgehead atoms. The topological polar surface area (TPSA) is 62.7 Å². The van der Waals surface area contributed by atoms with Gasteiger partial charge in [-0.2, -0.15) is 5.10 Å². The molecule has 2 aromatic carbocycles. The molecule has 1 amide bonds. The molecule has 0 aliphatic carbocycles. The van der Waals surface area contributed by atoms with E-state index in [2.05, 4.69) is 37.5 Å². The molecule has 5 nitrogen and oxygen atoms in total. The van der Waals surface area contributed by atoms with Gasteiger partial charge < -0.3 is 5.32 Å². The highest BCUT2D eigenvalue weighted by Gasteiger charge is 2.13. The van der Waals surface area contributed by atoms with Crippen LogP contribution in [0.3, 0.4) is 0 Å². The highest BCUT2D eigenvalue weighted by atomic mass is 79.9. The van der Waals surface area contributed by atoms with Gasteiger partial charge in [0.25, 0.3) is 0 Å². The average Bonchev–Trinajstić information content (AvgIpc) is 3.01. The molecule has 0 fully saturated rings. The van der Waals surface area contributed by atoms with Gasteiger partial charge in [-0.15, -0.1) is 0 Å². The normalized spacial score (nSPS) is 12.0. The number of carbonyl (C=O) groups is 1. The van der Waals surface area contributed by atoms with Gasteiger partial charge in [-0.3, -0.25) is 14.5 Å². The smallest absolute Gasteiger partial charge is 0.222 e. The number of aryl methyl sites for hydroxylation is 1. The molecule has 3 rings (SSSR count). The Hall–Kier alpha value is -2.25. The molecular weight excluding hydrogens is 424 g/mol. The van der Waals surface area contributed by atoms with E-state index >= 15 is 0 Å². The van der Waals surface area contributed by atoms with Gasteiger partial charge in [-0.25, -0.2) is 0 Å². The Labute approximate surface area is 171 Å². The van der Waals surface area contributed by atoms with Crippen LogP contribution in [-0.2, 0) is 11.3 Å². The van der Waals surface area contributed by atoms with Crippen molar-refractivity contribution >= 4 is 34.1 Å². The Kier molecular flexibility index (Phi) is 6.23. The van der Waals surface area contributed by atoms with E-state index in [0.29, 0.717) is 17.7 Å². The summed E-state index contributed by atoms with van der Waals surface area (Å²) in [4.78, 5) is 12.4. The number of nitrogens with zero attached hydrogens (tertiary/aromatic N) is 2. The first-order chi connectivity index (χ1) is 12.9. The number of carbonyl (C=O) groups excluding carboxylic acids is 1. The molecule has 0 aliphatic rings. The van der Waals surface area contributed by atoms with E-state index in [1.807, 2.05) is 60.9 Å². The van der Waals surface area contributed by atoms with Crippen LogP contribution in [0.4, 0.5) is 0 Å². The zero-order chi connectivity index (χ0) is 19.4. The standard InChI is InChI=1S/C20H21BrN4OS/c1-13-4-3-5-16(12-13)19-23-24-20(27)25(19)11-10-18(26)22-14(2)15-6-8-17(21)9-7-15/h3-9,12,14H,10-11H2,1-2H3,(H,22,26)(H,24,27)/t14-/m1/s1. The molecule has 2 N–H and O–H groups in total. The third-order valence-corrected chi connectivity index (χ3v) is 5.18. The molecule has 0 unspecified atom stereocenters. The van der Waals surface area contributed by atoms with Crippen molar-refractivity contribution in [1.82, 2.24) is 20.1 Å². The quantitative estimate of drug-likeness (QED) is 0.528. The van der Waals surface area contributed by atoms with Gasteiger partial charge in [0, 0.05) is 23.0 Å². The Morgan fingerprint density at radius 3 is 2.74 bits per heavy atom. The maximum Gasteiger partial charge on any atom is 0.222 e. The summed E-state index contributed by atoms with van der Waals surface area (Å²) in [6.45, 7) is 4.48. The van der Waals surface area contributed by atoms with Crippen molar-refractivity contribution in [3.63, 3.8) is 0 Å². The second-order valence-electron chi connectivity index (χ2n) is 6.46. The first-order valence-corrected chi connectivity index (χ1v) is 9.91. The zero-order valence-electron chi connectivity index (χ0n) is 15.2. The van der Waals surface area contributed by atoms with Crippen molar-refractivity contribution in [2.24, 2.45) is 0 Å². The van der Waals surface area contributed by atoms with Gasteiger partial charge in [0.1, 0.15) is 0 Å². The number of H-pyrrole nitrogens is 1. The van der Waals surface area contributed by atoms with Crippen LogP contribution >= 0.6 is 28.1 Å². The van der Waals surface area contributed by atoms with E-state index in [-0.39, 0.29) is 11.9 Å². The van der Waals surface area contributed by atoms with Crippen molar-refractivity contribution in [1.29, 1.82) is 0 Å². The Morgan fingerprint density at radius 1 is 1.30 bits per heavy atom. The lowest BCUT2D eigenvalue weighted by atomic mass is 10.1. The number of hydrogen-bond donors (Lipinski definition) is 2. The minimum absolute atomic E-state index is 0.0243. The van der Waals surface area contributed by atoms with Gasteiger partial charge in [0.05, 0.1) is 6.04 Å². The fraction of sp³-hybridized carbons (Fsp3) is 0.250. The highest BCUT2D eigenvalue weighted by Crippen LogP contribution is 2.19. The summed E-state index contributed by atoms with van der Waals surface area (Å²) in [5.74, 6) is 0.723. The molecule has 1 aromatic heterocycles.